The van der Waals surface area contributed by atoms with E-state index in [0.29, 0.717) is 31.5 Å². The van der Waals surface area contributed by atoms with E-state index in [2.05, 4.69) is 6.92 Å². The Labute approximate surface area is 114 Å². The van der Waals surface area contributed by atoms with E-state index in [9.17, 15) is 4.79 Å². The zero-order chi connectivity index (χ0) is 13.7. The lowest BCUT2D eigenvalue weighted by Crippen LogP contribution is -2.35. The van der Waals surface area contributed by atoms with Gasteiger partial charge in [-0.15, -0.1) is 0 Å². The number of carbonyl (C=O) groups excluding carboxylic acids is 1. The molecule has 1 aromatic carbocycles. The third-order valence-electron chi connectivity index (χ3n) is 3.64. The van der Waals surface area contributed by atoms with Crippen LogP contribution in [0.1, 0.15) is 19.8 Å². The van der Waals surface area contributed by atoms with Crippen LogP contribution in [0, 0.1) is 5.92 Å². The van der Waals surface area contributed by atoms with Crippen LogP contribution in [0.3, 0.4) is 0 Å². The van der Waals surface area contributed by atoms with Crippen molar-refractivity contribution in [2.45, 2.75) is 25.8 Å². The molecule has 0 bridgehead atoms. The maximum absolute atomic E-state index is 12.1. The Bertz CT molecular complexity index is 408. The van der Waals surface area contributed by atoms with E-state index in [1.54, 1.807) is 0 Å². The SMILES string of the molecule is CC1CC(CN)CN1C(=O)CCOc1ccccc1. The van der Waals surface area contributed by atoms with Crippen molar-refractivity contribution in [3.05, 3.63) is 30.3 Å². The van der Waals surface area contributed by atoms with Crippen LogP contribution in [0.15, 0.2) is 30.3 Å². The zero-order valence-electron chi connectivity index (χ0n) is 11.4. The first kappa shape index (κ1) is 13.9. The second-order valence-corrected chi connectivity index (χ2v) is 5.14. The van der Waals surface area contributed by atoms with Crippen molar-refractivity contribution in [3.63, 3.8) is 0 Å². The minimum Gasteiger partial charge on any atom is -0.493 e. The maximum Gasteiger partial charge on any atom is 0.226 e. The molecule has 2 unspecified atom stereocenters. The fourth-order valence-electron chi connectivity index (χ4n) is 2.58. The van der Waals surface area contributed by atoms with Gasteiger partial charge in [-0.25, -0.2) is 0 Å². The average molecular weight is 262 g/mol. The average Bonchev–Trinajstić information content (AvgIpc) is 2.81. The van der Waals surface area contributed by atoms with Gasteiger partial charge in [0.25, 0.3) is 0 Å². The lowest BCUT2D eigenvalue weighted by molar-refractivity contribution is -0.132. The molecule has 1 saturated heterocycles. The first-order chi connectivity index (χ1) is 9.20. The van der Waals surface area contributed by atoms with Gasteiger partial charge >= 0.3 is 0 Å². The van der Waals surface area contributed by atoms with Crippen molar-refractivity contribution in [2.24, 2.45) is 11.7 Å². The fourth-order valence-corrected chi connectivity index (χ4v) is 2.58. The van der Waals surface area contributed by atoms with E-state index >= 15 is 0 Å². The number of nitrogens with zero attached hydrogens (tertiary/aromatic N) is 1. The summed E-state index contributed by atoms with van der Waals surface area (Å²) in [5.74, 6) is 1.43. The summed E-state index contributed by atoms with van der Waals surface area (Å²) in [4.78, 5) is 14.0. The molecule has 1 aliphatic rings. The van der Waals surface area contributed by atoms with E-state index in [-0.39, 0.29) is 5.91 Å². The highest BCUT2D eigenvalue weighted by Gasteiger charge is 2.31. The summed E-state index contributed by atoms with van der Waals surface area (Å²) in [5.41, 5.74) is 5.67. The van der Waals surface area contributed by atoms with Crippen LogP contribution >= 0.6 is 0 Å². The normalized spacial score (nSPS) is 22.5. The van der Waals surface area contributed by atoms with Crippen molar-refractivity contribution in [1.29, 1.82) is 0 Å². The summed E-state index contributed by atoms with van der Waals surface area (Å²) >= 11 is 0. The number of hydrogen-bond donors (Lipinski definition) is 1. The number of nitrogens with two attached hydrogens (primary N) is 1. The molecular formula is C15H22N2O2. The lowest BCUT2D eigenvalue weighted by Gasteiger charge is -2.21. The van der Waals surface area contributed by atoms with Gasteiger partial charge in [-0.05, 0) is 37.9 Å². The molecule has 4 heteroatoms. The molecule has 1 heterocycles. The van der Waals surface area contributed by atoms with Crippen LogP contribution in [0.5, 0.6) is 5.75 Å². The molecule has 0 aliphatic carbocycles. The summed E-state index contributed by atoms with van der Waals surface area (Å²) in [6.07, 6.45) is 1.44. The Morgan fingerprint density at radius 2 is 2.16 bits per heavy atom. The quantitative estimate of drug-likeness (QED) is 0.878. The van der Waals surface area contributed by atoms with E-state index in [4.69, 9.17) is 10.5 Å². The van der Waals surface area contributed by atoms with Crippen LogP contribution in [0.25, 0.3) is 0 Å². The monoisotopic (exact) mass is 262 g/mol. The van der Waals surface area contributed by atoms with Crippen LogP contribution in [-0.4, -0.2) is 36.5 Å². The van der Waals surface area contributed by atoms with Crippen molar-refractivity contribution in [1.82, 2.24) is 4.90 Å². The van der Waals surface area contributed by atoms with Gasteiger partial charge in [0, 0.05) is 12.6 Å². The van der Waals surface area contributed by atoms with Crippen molar-refractivity contribution in [3.8, 4) is 5.75 Å². The Hall–Kier alpha value is -1.55. The highest BCUT2D eigenvalue weighted by molar-refractivity contribution is 5.77. The van der Waals surface area contributed by atoms with Crippen LogP contribution in [-0.2, 0) is 4.79 Å². The number of rotatable bonds is 5. The molecule has 0 radical (unpaired) electrons. The molecule has 104 valence electrons. The Kier molecular flexibility index (Phi) is 4.80. The number of likely N-dealkylation sites (tertiary alicyclic amines) is 1. The molecule has 0 saturated carbocycles. The zero-order valence-corrected chi connectivity index (χ0v) is 11.4. The molecule has 19 heavy (non-hydrogen) atoms. The molecule has 2 N–H and O–H groups in total. The van der Waals surface area contributed by atoms with E-state index in [0.717, 1.165) is 18.7 Å². The predicted molar refractivity (Wildman–Crippen MR) is 74.9 cm³/mol. The fraction of sp³-hybridized carbons (Fsp3) is 0.533. The van der Waals surface area contributed by atoms with Crippen molar-refractivity contribution < 1.29 is 9.53 Å². The van der Waals surface area contributed by atoms with Crippen molar-refractivity contribution in [2.75, 3.05) is 19.7 Å². The Morgan fingerprint density at radius 1 is 1.42 bits per heavy atom. The summed E-state index contributed by atoms with van der Waals surface area (Å²) in [6.45, 7) is 3.97. The predicted octanol–water partition coefficient (Wildman–Crippen LogP) is 1.65. The van der Waals surface area contributed by atoms with Gasteiger partial charge < -0.3 is 15.4 Å². The second kappa shape index (κ2) is 6.57. The molecule has 4 nitrogen and oxygen atoms in total. The molecular weight excluding hydrogens is 240 g/mol. The molecule has 0 aromatic heterocycles. The standard InChI is InChI=1S/C15H22N2O2/c1-12-9-13(10-16)11-17(12)15(18)7-8-19-14-5-3-2-4-6-14/h2-6,12-13H,7-11,16H2,1H3. The third kappa shape index (κ3) is 3.70. The number of hydrogen-bond acceptors (Lipinski definition) is 3. The first-order valence-electron chi connectivity index (χ1n) is 6.88. The summed E-state index contributed by atoms with van der Waals surface area (Å²) in [5, 5.41) is 0. The number of para-hydroxylation sites is 1. The molecule has 2 atom stereocenters. The molecule has 2 rings (SSSR count). The van der Waals surface area contributed by atoms with Gasteiger partial charge in [-0.3, -0.25) is 4.79 Å². The van der Waals surface area contributed by atoms with E-state index in [1.165, 1.54) is 0 Å². The van der Waals surface area contributed by atoms with Crippen LogP contribution in [0.4, 0.5) is 0 Å². The van der Waals surface area contributed by atoms with Gasteiger partial charge in [-0.2, -0.15) is 0 Å². The molecule has 0 spiro atoms. The number of carbonyl (C=O) groups is 1. The minimum absolute atomic E-state index is 0.166. The van der Waals surface area contributed by atoms with E-state index in [1.807, 2.05) is 35.2 Å². The van der Waals surface area contributed by atoms with Crippen LogP contribution in [0.2, 0.25) is 0 Å². The summed E-state index contributed by atoms with van der Waals surface area (Å²) < 4.78 is 5.55. The maximum atomic E-state index is 12.1. The molecule has 1 aromatic rings. The first-order valence-corrected chi connectivity index (χ1v) is 6.88. The number of benzene rings is 1. The van der Waals surface area contributed by atoms with Crippen LogP contribution < -0.4 is 10.5 Å². The highest BCUT2D eigenvalue weighted by atomic mass is 16.5. The largest absolute Gasteiger partial charge is 0.493 e. The van der Waals surface area contributed by atoms with Gasteiger partial charge in [0.05, 0.1) is 13.0 Å². The minimum atomic E-state index is 0.166. The smallest absolute Gasteiger partial charge is 0.226 e. The Morgan fingerprint density at radius 3 is 2.79 bits per heavy atom. The highest BCUT2D eigenvalue weighted by Crippen LogP contribution is 2.22. The van der Waals surface area contributed by atoms with Gasteiger partial charge in [0.15, 0.2) is 0 Å². The number of ether oxygens (including phenoxy) is 1. The summed E-state index contributed by atoms with van der Waals surface area (Å²) in [6, 6.07) is 9.88. The van der Waals surface area contributed by atoms with Gasteiger partial charge in [-0.1, -0.05) is 18.2 Å². The van der Waals surface area contributed by atoms with Crippen molar-refractivity contribution >= 4 is 5.91 Å². The molecule has 1 amide bonds. The topological polar surface area (TPSA) is 55.6 Å². The lowest BCUT2D eigenvalue weighted by atomic mass is 10.1. The van der Waals surface area contributed by atoms with Gasteiger partial charge in [0.1, 0.15) is 5.75 Å². The van der Waals surface area contributed by atoms with Gasteiger partial charge in [0.2, 0.25) is 5.91 Å². The molecule has 1 fully saturated rings. The number of amides is 1. The summed E-state index contributed by atoms with van der Waals surface area (Å²) in [7, 11) is 0. The Balaban J connectivity index is 1.76. The molecule has 1 aliphatic heterocycles. The third-order valence-corrected chi connectivity index (χ3v) is 3.64. The van der Waals surface area contributed by atoms with E-state index < -0.39 is 0 Å². The second-order valence-electron chi connectivity index (χ2n) is 5.14.